The van der Waals surface area contributed by atoms with E-state index in [0.717, 1.165) is 19.0 Å². The largest absolute Gasteiger partial charge is 0.316 e. The molecule has 0 unspecified atom stereocenters. The molecule has 0 aliphatic rings. The zero-order chi connectivity index (χ0) is 14.3. The molecule has 0 fully saturated rings. The third-order valence-corrected chi connectivity index (χ3v) is 4.32. The third kappa shape index (κ3) is 6.58. The fourth-order valence-electron chi connectivity index (χ4n) is 2.24. The molecule has 0 aromatic heterocycles. The molecular weight excluding hydrogens is 298 g/mol. The smallest absolute Gasteiger partial charge is 0.0207 e. The minimum Gasteiger partial charge on any atom is -0.316 e. The highest BCUT2D eigenvalue weighted by molar-refractivity contribution is 9.10. The molecule has 0 amide bonds. The highest BCUT2D eigenvalue weighted by atomic mass is 79.9. The van der Waals surface area contributed by atoms with Crippen molar-refractivity contribution in [3.63, 3.8) is 0 Å². The van der Waals surface area contributed by atoms with Crippen LogP contribution in [0.15, 0.2) is 16.6 Å². The van der Waals surface area contributed by atoms with E-state index in [-0.39, 0.29) is 0 Å². The van der Waals surface area contributed by atoms with Crippen molar-refractivity contribution in [2.45, 2.75) is 53.4 Å². The molecule has 1 aromatic rings. The van der Waals surface area contributed by atoms with E-state index >= 15 is 0 Å². The summed E-state index contributed by atoms with van der Waals surface area (Å²) < 4.78 is 1.23. The van der Waals surface area contributed by atoms with Gasteiger partial charge in [0, 0.05) is 4.47 Å². The summed E-state index contributed by atoms with van der Waals surface area (Å²) in [6.45, 7) is 11.2. The van der Waals surface area contributed by atoms with Crippen molar-refractivity contribution in [2.24, 2.45) is 5.92 Å². The molecule has 1 aromatic carbocycles. The molecular formula is C17H28BrN. The number of hydrogen-bond acceptors (Lipinski definition) is 1. The Morgan fingerprint density at radius 1 is 1.05 bits per heavy atom. The highest BCUT2D eigenvalue weighted by Gasteiger charge is 2.02. The summed E-state index contributed by atoms with van der Waals surface area (Å²) in [5, 5.41) is 3.51. The summed E-state index contributed by atoms with van der Waals surface area (Å²) >= 11 is 3.59. The van der Waals surface area contributed by atoms with Gasteiger partial charge in [-0.15, -0.1) is 0 Å². The number of halogens is 1. The van der Waals surface area contributed by atoms with Crippen molar-refractivity contribution < 1.29 is 0 Å². The predicted molar refractivity (Wildman–Crippen MR) is 88.9 cm³/mol. The SMILES string of the molecule is Cc1cc(CCCCCNCC(C)C)c(C)cc1Br. The van der Waals surface area contributed by atoms with Gasteiger partial charge >= 0.3 is 0 Å². The second kappa shape index (κ2) is 8.76. The molecule has 2 heteroatoms. The minimum atomic E-state index is 0.758. The lowest BCUT2D eigenvalue weighted by Crippen LogP contribution is -2.20. The van der Waals surface area contributed by atoms with E-state index in [1.807, 2.05) is 0 Å². The van der Waals surface area contributed by atoms with Crippen molar-refractivity contribution in [1.29, 1.82) is 0 Å². The Kier molecular flexibility index (Phi) is 7.70. The fraction of sp³-hybridized carbons (Fsp3) is 0.647. The first-order valence-corrected chi connectivity index (χ1v) is 8.26. The van der Waals surface area contributed by atoms with E-state index in [1.54, 1.807) is 0 Å². The van der Waals surface area contributed by atoms with Crippen molar-refractivity contribution in [2.75, 3.05) is 13.1 Å². The second-order valence-corrected chi connectivity index (χ2v) is 6.79. The van der Waals surface area contributed by atoms with Gasteiger partial charge in [-0.25, -0.2) is 0 Å². The third-order valence-electron chi connectivity index (χ3n) is 3.47. The Morgan fingerprint density at radius 3 is 2.47 bits per heavy atom. The van der Waals surface area contributed by atoms with Crippen LogP contribution in [0, 0.1) is 19.8 Å². The number of rotatable bonds is 8. The molecule has 0 atom stereocenters. The standard InChI is InChI=1S/C17H28BrN/c1-13(2)12-19-9-7-5-6-8-16-10-15(4)17(18)11-14(16)3/h10-11,13,19H,5-9,12H2,1-4H3. The lowest BCUT2D eigenvalue weighted by Gasteiger charge is -2.10. The summed E-state index contributed by atoms with van der Waals surface area (Å²) in [5.74, 6) is 0.758. The molecule has 19 heavy (non-hydrogen) atoms. The lowest BCUT2D eigenvalue weighted by molar-refractivity contribution is 0.530. The molecule has 0 saturated heterocycles. The zero-order valence-electron chi connectivity index (χ0n) is 12.9. The first-order valence-electron chi connectivity index (χ1n) is 7.47. The molecule has 0 heterocycles. The van der Waals surface area contributed by atoms with Gasteiger partial charge in [-0.05, 0) is 74.9 Å². The van der Waals surface area contributed by atoms with Crippen LogP contribution in [-0.4, -0.2) is 13.1 Å². The van der Waals surface area contributed by atoms with Gasteiger partial charge in [-0.3, -0.25) is 0 Å². The number of unbranched alkanes of at least 4 members (excludes halogenated alkanes) is 2. The number of nitrogens with one attached hydrogen (secondary N) is 1. The number of hydrogen-bond donors (Lipinski definition) is 1. The Bertz CT molecular complexity index is 385. The summed E-state index contributed by atoms with van der Waals surface area (Å²) in [6, 6.07) is 4.57. The van der Waals surface area contributed by atoms with Gasteiger partial charge in [-0.2, -0.15) is 0 Å². The van der Waals surface area contributed by atoms with Gasteiger partial charge in [0.05, 0.1) is 0 Å². The maximum atomic E-state index is 3.59. The van der Waals surface area contributed by atoms with Gasteiger partial charge in [0.1, 0.15) is 0 Å². The molecule has 0 spiro atoms. The Labute approximate surface area is 127 Å². The van der Waals surface area contributed by atoms with Crippen LogP contribution in [0.25, 0.3) is 0 Å². The van der Waals surface area contributed by atoms with E-state index in [0.29, 0.717) is 0 Å². The Hall–Kier alpha value is -0.340. The minimum absolute atomic E-state index is 0.758. The average Bonchev–Trinajstić information content (AvgIpc) is 2.33. The van der Waals surface area contributed by atoms with Gasteiger partial charge < -0.3 is 5.32 Å². The normalized spacial score (nSPS) is 11.3. The van der Waals surface area contributed by atoms with Crippen LogP contribution in [0.4, 0.5) is 0 Å². The monoisotopic (exact) mass is 325 g/mol. The maximum Gasteiger partial charge on any atom is 0.0207 e. The first kappa shape index (κ1) is 16.7. The van der Waals surface area contributed by atoms with Crippen LogP contribution in [0.1, 0.15) is 49.8 Å². The topological polar surface area (TPSA) is 12.0 Å². The van der Waals surface area contributed by atoms with E-state index < -0.39 is 0 Å². The van der Waals surface area contributed by atoms with Crippen LogP contribution >= 0.6 is 15.9 Å². The summed E-state index contributed by atoms with van der Waals surface area (Å²) in [4.78, 5) is 0. The molecule has 0 aliphatic heterocycles. The van der Waals surface area contributed by atoms with Crippen molar-refractivity contribution in [1.82, 2.24) is 5.32 Å². The van der Waals surface area contributed by atoms with Gasteiger partial charge in [0.25, 0.3) is 0 Å². The predicted octanol–water partition coefficient (Wildman–Crippen LogP) is 5.02. The molecule has 1 N–H and O–H groups in total. The lowest BCUT2D eigenvalue weighted by atomic mass is 10.00. The number of aryl methyl sites for hydroxylation is 3. The molecule has 0 bridgehead atoms. The van der Waals surface area contributed by atoms with E-state index in [9.17, 15) is 0 Å². The zero-order valence-corrected chi connectivity index (χ0v) is 14.4. The quantitative estimate of drug-likeness (QED) is 0.661. The van der Waals surface area contributed by atoms with E-state index in [2.05, 4.69) is 61.1 Å². The van der Waals surface area contributed by atoms with Gasteiger partial charge in [0.15, 0.2) is 0 Å². The van der Waals surface area contributed by atoms with Gasteiger partial charge in [-0.1, -0.05) is 42.3 Å². The van der Waals surface area contributed by atoms with Crippen molar-refractivity contribution in [3.05, 3.63) is 33.3 Å². The molecule has 0 saturated carbocycles. The van der Waals surface area contributed by atoms with E-state index in [1.165, 1.54) is 46.8 Å². The summed E-state index contributed by atoms with van der Waals surface area (Å²) in [6.07, 6.45) is 5.12. The van der Waals surface area contributed by atoms with Gasteiger partial charge in [0.2, 0.25) is 0 Å². The Morgan fingerprint density at radius 2 is 1.79 bits per heavy atom. The molecule has 108 valence electrons. The fourth-order valence-corrected chi connectivity index (χ4v) is 2.70. The van der Waals surface area contributed by atoms with Crippen LogP contribution in [0.2, 0.25) is 0 Å². The molecule has 0 aliphatic carbocycles. The maximum absolute atomic E-state index is 3.59. The first-order chi connectivity index (χ1) is 9.00. The van der Waals surface area contributed by atoms with E-state index in [4.69, 9.17) is 0 Å². The van der Waals surface area contributed by atoms with Crippen LogP contribution in [-0.2, 0) is 6.42 Å². The molecule has 0 radical (unpaired) electrons. The van der Waals surface area contributed by atoms with Crippen LogP contribution in [0.3, 0.4) is 0 Å². The van der Waals surface area contributed by atoms with Crippen molar-refractivity contribution >= 4 is 15.9 Å². The average molecular weight is 326 g/mol. The number of benzene rings is 1. The Balaban J connectivity index is 2.21. The molecule has 1 nitrogen and oxygen atoms in total. The summed E-state index contributed by atoms with van der Waals surface area (Å²) in [7, 11) is 0. The second-order valence-electron chi connectivity index (χ2n) is 5.94. The van der Waals surface area contributed by atoms with Crippen LogP contribution < -0.4 is 5.32 Å². The van der Waals surface area contributed by atoms with Crippen molar-refractivity contribution in [3.8, 4) is 0 Å². The van der Waals surface area contributed by atoms with Crippen LogP contribution in [0.5, 0.6) is 0 Å². The summed E-state index contributed by atoms with van der Waals surface area (Å²) in [5.41, 5.74) is 4.27. The highest BCUT2D eigenvalue weighted by Crippen LogP contribution is 2.22. The molecule has 1 rings (SSSR count).